The molecule has 1 saturated heterocycles. The van der Waals surface area contributed by atoms with E-state index in [2.05, 4.69) is 0 Å². The molecule has 4 heteroatoms. The Morgan fingerprint density at radius 2 is 1.95 bits per heavy atom. The quantitative estimate of drug-likeness (QED) is 0.622. The number of ketones is 1. The van der Waals surface area contributed by atoms with E-state index in [-0.39, 0.29) is 17.6 Å². The molecule has 1 aliphatic heterocycles. The summed E-state index contributed by atoms with van der Waals surface area (Å²) in [6.07, 6.45) is 5.22. The average molecular weight is 320 g/mol. The van der Waals surface area contributed by atoms with Crippen molar-refractivity contribution in [1.82, 2.24) is 4.90 Å². The molecule has 118 valence electrons. The average Bonchev–Trinajstić information content (AvgIpc) is 2.52. The highest BCUT2D eigenvalue weighted by molar-refractivity contribution is 6.30. The van der Waals surface area contributed by atoms with Crippen molar-refractivity contribution < 1.29 is 9.59 Å². The monoisotopic (exact) mass is 319 g/mol. The lowest BCUT2D eigenvalue weighted by atomic mass is 9.90. The maximum atomic E-state index is 12.5. The van der Waals surface area contributed by atoms with Crippen LogP contribution in [0.3, 0.4) is 0 Å². The molecule has 0 radical (unpaired) electrons. The highest BCUT2D eigenvalue weighted by Crippen LogP contribution is 2.22. The smallest absolute Gasteiger partial charge is 0.246 e. The van der Waals surface area contributed by atoms with Gasteiger partial charge in [-0.1, -0.05) is 31.5 Å². The Kier molecular flexibility index (Phi) is 5.78. The number of carbonyl (C=O) groups is 2. The molecular weight excluding hydrogens is 298 g/mol. The molecular formula is C18H22ClNO2. The number of rotatable bonds is 4. The van der Waals surface area contributed by atoms with Crippen molar-refractivity contribution in [3.8, 4) is 0 Å². The Balaban J connectivity index is 2.02. The van der Waals surface area contributed by atoms with Crippen molar-refractivity contribution in [3.05, 3.63) is 47.0 Å². The second kappa shape index (κ2) is 7.59. The lowest BCUT2D eigenvalue weighted by Gasteiger charge is -2.31. The van der Waals surface area contributed by atoms with Gasteiger partial charge in [0, 0.05) is 29.6 Å². The zero-order chi connectivity index (χ0) is 16.1. The number of allylic oxidation sites excluding steroid dienone is 1. The largest absolute Gasteiger partial charge is 0.338 e. The molecule has 1 atom stereocenters. The van der Waals surface area contributed by atoms with E-state index in [0.29, 0.717) is 23.0 Å². The van der Waals surface area contributed by atoms with E-state index in [1.807, 2.05) is 19.9 Å². The minimum Gasteiger partial charge on any atom is -0.338 e. The summed E-state index contributed by atoms with van der Waals surface area (Å²) >= 11 is 5.86. The van der Waals surface area contributed by atoms with Crippen molar-refractivity contribution >= 4 is 23.3 Å². The first kappa shape index (κ1) is 16.8. The van der Waals surface area contributed by atoms with Gasteiger partial charge in [0.15, 0.2) is 5.78 Å². The normalized spacial score (nSPS) is 18.9. The third-order valence-corrected chi connectivity index (χ3v) is 4.11. The van der Waals surface area contributed by atoms with E-state index in [1.54, 1.807) is 35.2 Å². The number of amides is 1. The van der Waals surface area contributed by atoms with Gasteiger partial charge in [-0.3, -0.25) is 9.59 Å². The molecule has 22 heavy (non-hydrogen) atoms. The van der Waals surface area contributed by atoms with Crippen molar-refractivity contribution in [1.29, 1.82) is 0 Å². The lowest BCUT2D eigenvalue weighted by Crippen LogP contribution is -2.41. The van der Waals surface area contributed by atoms with Crippen LogP contribution in [-0.2, 0) is 4.79 Å². The van der Waals surface area contributed by atoms with Gasteiger partial charge in [-0.2, -0.15) is 0 Å². The fourth-order valence-electron chi connectivity index (χ4n) is 2.62. The fourth-order valence-corrected chi connectivity index (χ4v) is 2.75. The lowest BCUT2D eigenvalue weighted by molar-refractivity contribution is -0.127. The van der Waals surface area contributed by atoms with Gasteiger partial charge < -0.3 is 4.90 Å². The van der Waals surface area contributed by atoms with Crippen LogP contribution in [0.4, 0.5) is 0 Å². The van der Waals surface area contributed by atoms with Gasteiger partial charge in [0.2, 0.25) is 5.91 Å². The van der Waals surface area contributed by atoms with Gasteiger partial charge in [-0.05, 0) is 49.1 Å². The van der Waals surface area contributed by atoms with Crippen molar-refractivity contribution in [2.75, 3.05) is 13.1 Å². The summed E-state index contributed by atoms with van der Waals surface area (Å²) in [5.74, 6) is 0.330. The summed E-state index contributed by atoms with van der Waals surface area (Å²) in [5.41, 5.74) is 0.668. The second-order valence-electron chi connectivity index (χ2n) is 6.10. The maximum absolute atomic E-state index is 12.5. The van der Waals surface area contributed by atoms with Crippen molar-refractivity contribution in [2.45, 2.75) is 26.7 Å². The van der Waals surface area contributed by atoms with Gasteiger partial charge in [-0.25, -0.2) is 0 Å². The fraction of sp³-hybridized carbons (Fsp3) is 0.444. The van der Waals surface area contributed by atoms with E-state index >= 15 is 0 Å². The predicted molar refractivity (Wildman–Crippen MR) is 89.1 cm³/mol. The van der Waals surface area contributed by atoms with E-state index in [9.17, 15) is 9.59 Å². The highest BCUT2D eigenvalue weighted by Gasteiger charge is 2.28. The van der Waals surface area contributed by atoms with Gasteiger partial charge >= 0.3 is 0 Å². The molecule has 1 amide bonds. The Bertz CT molecular complexity index is 563. The first-order chi connectivity index (χ1) is 10.5. The van der Waals surface area contributed by atoms with Crippen LogP contribution < -0.4 is 0 Å². The highest BCUT2D eigenvalue weighted by atomic mass is 35.5. The Morgan fingerprint density at radius 1 is 1.27 bits per heavy atom. The third-order valence-electron chi connectivity index (χ3n) is 3.86. The SMILES string of the molecule is CC(C)C=CC(=O)N1CCCC(C(=O)c2ccc(Cl)cc2)C1. The molecule has 0 bridgehead atoms. The first-order valence-electron chi connectivity index (χ1n) is 7.74. The maximum Gasteiger partial charge on any atom is 0.246 e. The number of hydrogen-bond acceptors (Lipinski definition) is 2. The molecule has 1 fully saturated rings. The summed E-state index contributed by atoms with van der Waals surface area (Å²) < 4.78 is 0. The molecule has 0 saturated carbocycles. The van der Waals surface area contributed by atoms with Crippen molar-refractivity contribution in [3.63, 3.8) is 0 Å². The van der Waals surface area contributed by atoms with E-state index in [4.69, 9.17) is 11.6 Å². The number of piperidine rings is 1. The summed E-state index contributed by atoms with van der Waals surface area (Å²) in [4.78, 5) is 26.5. The molecule has 0 aromatic heterocycles. The molecule has 2 rings (SSSR count). The zero-order valence-electron chi connectivity index (χ0n) is 13.1. The minimum atomic E-state index is -0.119. The van der Waals surface area contributed by atoms with Gasteiger partial charge in [0.25, 0.3) is 0 Å². The topological polar surface area (TPSA) is 37.4 Å². The number of carbonyl (C=O) groups excluding carboxylic acids is 2. The Labute approximate surface area is 137 Å². The van der Waals surface area contributed by atoms with Crippen LogP contribution in [0.2, 0.25) is 5.02 Å². The molecule has 0 N–H and O–H groups in total. The van der Waals surface area contributed by atoms with Crippen LogP contribution in [0.15, 0.2) is 36.4 Å². The molecule has 0 aliphatic carbocycles. The van der Waals surface area contributed by atoms with Crippen LogP contribution >= 0.6 is 11.6 Å². The summed E-state index contributed by atoms with van der Waals surface area (Å²) in [7, 11) is 0. The van der Waals surface area contributed by atoms with E-state index in [1.165, 1.54) is 0 Å². The van der Waals surface area contributed by atoms with Crippen LogP contribution in [-0.4, -0.2) is 29.7 Å². The summed E-state index contributed by atoms with van der Waals surface area (Å²) in [6.45, 7) is 5.30. The molecule has 1 heterocycles. The van der Waals surface area contributed by atoms with Gasteiger partial charge in [0.05, 0.1) is 0 Å². The van der Waals surface area contributed by atoms with Gasteiger partial charge in [-0.15, -0.1) is 0 Å². The minimum absolute atomic E-state index is 0.00214. The first-order valence-corrected chi connectivity index (χ1v) is 8.12. The number of likely N-dealkylation sites (tertiary alicyclic amines) is 1. The van der Waals surface area contributed by atoms with Crippen LogP contribution in [0.25, 0.3) is 0 Å². The molecule has 3 nitrogen and oxygen atoms in total. The molecule has 1 unspecified atom stereocenters. The Morgan fingerprint density at radius 3 is 2.59 bits per heavy atom. The second-order valence-corrected chi connectivity index (χ2v) is 6.53. The number of benzene rings is 1. The molecule has 0 spiro atoms. The molecule has 1 aliphatic rings. The summed E-state index contributed by atoms with van der Waals surface area (Å²) in [6, 6.07) is 6.96. The van der Waals surface area contributed by atoms with Crippen LogP contribution in [0.1, 0.15) is 37.0 Å². The van der Waals surface area contributed by atoms with Crippen LogP contribution in [0, 0.1) is 11.8 Å². The molecule has 1 aromatic rings. The van der Waals surface area contributed by atoms with E-state index < -0.39 is 0 Å². The zero-order valence-corrected chi connectivity index (χ0v) is 13.8. The van der Waals surface area contributed by atoms with Gasteiger partial charge in [0.1, 0.15) is 0 Å². The number of nitrogens with zero attached hydrogens (tertiary/aromatic N) is 1. The number of halogens is 1. The number of Topliss-reactive ketones (excluding diaryl/α,β-unsaturated/α-hetero) is 1. The molecule has 1 aromatic carbocycles. The predicted octanol–water partition coefficient (Wildman–Crippen LogP) is 3.97. The third kappa shape index (κ3) is 4.44. The Hall–Kier alpha value is -1.61. The van der Waals surface area contributed by atoms with Crippen LogP contribution in [0.5, 0.6) is 0 Å². The van der Waals surface area contributed by atoms with E-state index in [0.717, 1.165) is 19.4 Å². The number of hydrogen-bond donors (Lipinski definition) is 0. The standard InChI is InChI=1S/C18H22ClNO2/c1-13(2)5-10-17(21)20-11-3-4-15(12-20)18(22)14-6-8-16(19)9-7-14/h5-10,13,15H,3-4,11-12H2,1-2H3. The summed E-state index contributed by atoms with van der Waals surface area (Å²) in [5, 5.41) is 0.621. The van der Waals surface area contributed by atoms with Crippen molar-refractivity contribution in [2.24, 2.45) is 11.8 Å².